The quantitative estimate of drug-likeness (QED) is 0.756. The minimum Gasteiger partial charge on any atom is -0.496 e. The van der Waals surface area contributed by atoms with Crippen LogP contribution in [0.3, 0.4) is 0 Å². The summed E-state index contributed by atoms with van der Waals surface area (Å²) in [4.78, 5) is 4.06. The molecule has 0 radical (unpaired) electrons. The van der Waals surface area contributed by atoms with Gasteiger partial charge in [0.15, 0.2) is 11.5 Å². The first kappa shape index (κ1) is 13.3. The van der Waals surface area contributed by atoms with Crippen LogP contribution in [-0.2, 0) is 0 Å². The van der Waals surface area contributed by atoms with E-state index in [2.05, 4.69) is 4.99 Å². The van der Waals surface area contributed by atoms with Gasteiger partial charge < -0.3 is 19.3 Å². The summed E-state index contributed by atoms with van der Waals surface area (Å²) in [5.74, 6) is 1.82. The van der Waals surface area contributed by atoms with E-state index in [1.54, 1.807) is 39.7 Å². The second kappa shape index (κ2) is 6.75. The smallest absolute Gasteiger partial charge is 0.173 e. The molecule has 1 N–H and O–H groups in total. The molecule has 17 heavy (non-hydrogen) atoms. The Bertz CT molecular complexity index is 390. The third-order valence-corrected chi connectivity index (χ3v) is 2.21. The molecular formula is C12H17NO4. The molecule has 0 aliphatic heterocycles. The molecule has 0 amide bonds. The standard InChI is InChI=1S/C12H17NO4/c1-15-10-4-5-11(16-2)12(17-3)9(10)8-13-6-7-14/h4-5,8,14H,6-7H2,1-3H3. The van der Waals surface area contributed by atoms with Gasteiger partial charge in [-0.3, -0.25) is 4.99 Å². The van der Waals surface area contributed by atoms with Crippen molar-refractivity contribution in [2.45, 2.75) is 0 Å². The molecule has 5 nitrogen and oxygen atoms in total. The van der Waals surface area contributed by atoms with Crippen molar-refractivity contribution in [2.75, 3.05) is 34.5 Å². The molecule has 1 aromatic carbocycles. The Morgan fingerprint density at radius 2 is 1.76 bits per heavy atom. The van der Waals surface area contributed by atoms with Gasteiger partial charge in [-0.15, -0.1) is 0 Å². The summed E-state index contributed by atoms with van der Waals surface area (Å²) in [5.41, 5.74) is 0.697. The fourth-order valence-electron chi connectivity index (χ4n) is 1.45. The van der Waals surface area contributed by atoms with E-state index in [1.807, 2.05) is 0 Å². The van der Waals surface area contributed by atoms with Crippen LogP contribution in [0.5, 0.6) is 17.2 Å². The van der Waals surface area contributed by atoms with E-state index in [-0.39, 0.29) is 6.61 Å². The van der Waals surface area contributed by atoms with Crippen molar-refractivity contribution in [3.63, 3.8) is 0 Å². The third kappa shape index (κ3) is 3.10. The zero-order valence-corrected chi connectivity index (χ0v) is 10.3. The van der Waals surface area contributed by atoms with Gasteiger partial charge in [-0.25, -0.2) is 0 Å². The Hall–Kier alpha value is -1.75. The Morgan fingerprint density at radius 1 is 1.12 bits per heavy atom. The SMILES string of the molecule is COc1ccc(OC)c(OC)c1C=NCCO. The highest BCUT2D eigenvalue weighted by atomic mass is 16.5. The largest absolute Gasteiger partial charge is 0.496 e. The number of benzene rings is 1. The minimum atomic E-state index is 0.00506. The molecule has 1 aromatic rings. The number of nitrogens with zero attached hydrogens (tertiary/aromatic N) is 1. The van der Waals surface area contributed by atoms with Crippen molar-refractivity contribution in [1.82, 2.24) is 0 Å². The van der Waals surface area contributed by atoms with E-state index in [4.69, 9.17) is 19.3 Å². The monoisotopic (exact) mass is 239 g/mol. The van der Waals surface area contributed by atoms with E-state index in [0.717, 1.165) is 0 Å². The van der Waals surface area contributed by atoms with Gasteiger partial charge in [0.25, 0.3) is 0 Å². The normalized spacial score (nSPS) is 10.6. The zero-order chi connectivity index (χ0) is 12.7. The maximum Gasteiger partial charge on any atom is 0.173 e. The van der Waals surface area contributed by atoms with Gasteiger partial charge in [-0.2, -0.15) is 0 Å². The summed E-state index contributed by atoms with van der Waals surface area (Å²) in [7, 11) is 4.70. The first-order chi connectivity index (χ1) is 8.28. The van der Waals surface area contributed by atoms with Crippen LogP contribution in [0.15, 0.2) is 17.1 Å². The minimum absolute atomic E-state index is 0.00506. The van der Waals surface area contributed by atoms with Crippen molar-refractivity contribution in [3.8, 4) is 17.2 Å². The molecule has 0 aromatic heterocycles. The van der Waals surface area contributed by atoms with Gasteiger partial charge in [0.2, 0.25) is 0 Å². The van der Waals surface area contributed by atoms with E-state index < -0.39 is 0 Å². The van der Waals surface area contributed by atoms with Gasteiger partial charge in [0.05, 0.1) is 40.0 Å². The van der Waals surface area contributed by atoms with Crippen LogP contribution in [-0.4, -0.2) is 45.8 Å². The van der Waals surface area contributed by atoms with Crippen molar-refractivity contribution < 1.29 is 19.3 Å². The summed E-state index contributed by atoms with van der Waals surface area (Å²) in [6.07, 6.45) is 1.61. The van der Waals surface area contributed by atoms with Crippen molar-refractivity contribution >= 4 is 6.21 Å². The predicted octanol–water partition coefficient (Wildman–Crippen LogP) is 1.12. The van der Waals surface area contributed by atoms with Crippen LogP contribution in [0.2, 0.25) is 0 Å². The number of ether oxygens (including phenoxy) is 3. The first-order valence-electron chi connectivity index (χ1n) is 5.18. The molecular weight excluding hydrogens is 222 g/mol. The fraction of sp³-hybridized carbons (Fsp3) is 0.417. The first-order valence-corrected chi connectivity index (χ1v) is 5.18. The maximum absolute atomic E-state index is 8.70. The lowest BCUT2D eigenvalue weighted by molar-refractivity contribution is 0.307. The second-order valence-electron chi connectivity index (χ2n) is 3.18. The van der Waals surface area contributed by atoms with E-state index in [1.165, 1.54) is 0 Å². The number of methoxy groups -OCH3 is 3. The molecule has 0 heterocycles. The Kier molecular flexibility index (Phi) is 5.29. The molecule has 0 spiro atoms. The molecule has 0 bridgehead atoms. The predicted molar refractivity (Wildman–Crippen MR) is 65.6 cm³/mol. The molecule has 0 atom stereocenters. The number of hydrogen-bond donors (Lipinski definition) is 1. The van der Waals surface area contributed by atoms with Gasteiger partial charge in [0.1, 0.15) is 5.75 Å². The van der Waals surface area contributed by atoms with Gasteiger partial charge in [0, 0.05) is 6.21 Å². The number of aliphatic hydroxyl groups excluding tert-OH is 1. The van der Waals surface area contributed by atoms with Gasteiger partial charge >= 0.3 is 0 Å². The van der Waals surface area contributed by atoms with Crippen LogP contribution in [0, 0.1) is 0 Å². The van der Waals surface area contributed by atoms with Crippen molar-refractivity contribution in [3.05, 3.63) is 17.7 Å². The molecule has 0 saturated carbocycles. The van der Waals surface area contributed by atoms with Crippen LogP contribution in [0.1, 0.15) is 5.56 Å². The molecule has 1 rings (SSSR count). The zero-order valence-electron chi connectivity index (χ0n) is 10.3. The molecule has 0 unspecified atom stereocenters. The Morgan fingerprint density at radius 3 is 2.29 bits per heavy atom. The lowest BCUT2D eigenvalue weighted by atomic mass is 10.1. The van der Waals surface area contributed by atoms with Crippen molar-refractivity contribution in [2.24, 2.45) is 4.99 Å². The van der Waals surface area contributed by atoms with E-state index >= 15 is 0 Å². The average molecular weight is 239 g/mol. The molecule has 94 valence electrons. The summed E-state index contributed by atoms with van der Waals surface area (Å²) in [5, 5.41) is 8.70. The number of aliphatic hydroxyl groups is 1. The second-order valence-corrected chi connectivity index (χ2v) is 3.18. The fourth-order valence-corrected chi connectivity index (χ4v) is 1.45. The Balaban J connectivity index is 3.20. The van der Waals surface area contributed by atoms with Crippen LogP contribution < -0.4 is 14.2 Å². The lowest BCUT2D eigenvalue weighted by Crippen LogP contribution is -1.99. The lowest BCUT2D eigenvalue weighted by Gasteiger charge is -2.13. The highest BCUT2D eigenvalue weighted by Crippen LogP contribution is 2.35. The summed E-state index contributed by atoms with van der Waals surface area (Å²) < 4.78 is 15.7. The molecule has 0 saturated heterocycles. The van der Waals surface area contributed by atoms with E-state index in [0.29, 0.717) is 29.4 Å². The maximum atomic E-state index is 8.70. The third-order valence-electron chi connectivity index (χ3n) is 2.21. The topological polar surface area (TPSA) is 60.3 Å². The summed E-state index contributed by atoms with van der Waals surface area (Å²) >= 11 is 0. The van der Waals surface area contributed by atoms with Crippen LogP contribution in [0.25, 0.3) is 0 Å². The molecule has 0 aliphatic carbocycles. The highest BCUT2D eigenvalue weighted by Gasteiger charge is 2.13. The van der Waals surface area contributed by atoms with Crippen LogP contribution in [0.4, 0.5) is 0 Å². The van der Waals surface area contributed by atoms with E-state index in [9.17, 15) is 0 Å². The molecule has 0 aliphatic rings. The van der Waals surface area contributed by atoms with Gasteiger partial charge in [-0.05, 0) is 12.1 Å². The van der Waals surface area contributed by atoms with Gasteiger partial charge in [-0.1, -0.05) is 0 Å². The number of rotatable bonds is 6. The van der Waals surface area contributed by atoms with Crippen LogP contribution >= 0.6 is 0 Å². The molecule has 0 fully saturated rings. The number of aliphatic imine (C=N–C) groups is 1. The summed E-state index contributed by atoms with van der Waals surface area (Å²) in [6.45, 7) is 0.342. The average Bonchev–Trinajstić information content (AvgIpc) is 2.38. The Labute approximate surface area is 101 Å². The van der Waals surface area contributed by atoms with Crippen molar-refractivity contribution in [1.29, 1.82) is 0 Å². The molecule has 5 heteroatoms. The summed E-state index contributed by atoms with van der Waals surface area (Å²) in [6, 6.07) is 3.54. The highest BCUT2D eigenvalue weighted by molar-refractivity contribution is 5.89. The number of hydrogen-bond acceptors (Lipinski definition) is 5.